The van der Waals surface area contributed by atoms with E-state index in [1.165, 1.54) is 4.57 Å². The molecule has 1 heterocycles. The predicted molar refractivity (Wildman–Crippen MR) is 78.1 cm³/mol. The number of nitrogens with zero attached hydrogens (tertiary/aromatic N) is 1. The van der Waals surface area contributed by atoms with E-state index in [9.17, 15) is 4.79 Å². The van der Waals surface area contributed by atoms with E-state index in [-0.39, 0.29) is 5.88 Å². The van der Waals surface area contributed by atoms with Gasteiger partial charge in [-0.25, -0.2) is 9.36 Å². The molecular weight excluding hydrogens is 285 g/mol. The van der Waals surface area contributed by atoms with E-state index in [1.807, 2.05) is 32.9 Å². The zero-order valence-electron chi connectivity index (χ0n) is 11.0. The fourth-order valence-electron chi connectivity index (χ4n) is 1.85. The average molecular weight is 300 g/mol. The third-order valence-corrected chi connectivity index (χ3v) is 3.06. The van der Waals surface area contributed by atoms with E-state index in [4.69, 9.17) is 27.9 Å². The molecule has 0 aliphatic carbocycles. The number of aromatic nitrogens is 1. The van der Waals surface area contributed by atoms with Crippen molar-refractivity contribution in [3.8, 4) is 0 Å². The van der Waals surface area contributed by atoms with Gasteiger partial charge in [0.2, 0.25) is 0 Å². The molecule has 0 atom stereocenters. The summed E-state index contributed by atoms with van der Waals surface area (Å²) in [6.45, 7) is 5.47. The van der Waals surface area contributed by atoms with Gasteiger partial charge in [0.25, 0.3) is 0 Å². The summed E-state index contributed by atoms with van der Waals surface area (Å²) in [7, 11) is 0. The van der Waals surface area contributed by atoms with E-state index in [1.54, 1.807) is 12.1 Å². The number of carbonyl (C=O) groups is 1. The van der Waals surface area contributed by atoms with Crippen LogP contribution < -0.4 is 0 Å². The molecule has 0 spiro atoms. The summed E-state index contributed by atoms with van der Waals surface area (Å²) in [4.78, 5) is 12.3. The minimum atomic E-state index is -0.560. The smallest absolute Gasteiger partial charge is 0.419 e. The van der Waals surface area contributed by atoms with E-state index in [2.05, 4.69) is 0 Å². The summed E-state index contributed by atoms with van der Waals surface area (Å²) in [6, 6.07) is 7.23. The molecule has 0 fully saturated rings. The average Bonchev–Trinajstić information content (AvgIpc) is 2.64. The molecule has 0 unspecified atom stereocenters. The minimum absolute atomic E-state index is 0.228. The molecule has 0 saturated heterocycles. The van der Waals surface area contributed by atoms with Gasteiger partial charge in [-0.3, -0.25) is 0 Å². The molecule has 2 rings (SSSR count). The number of halogens is 2. The molecule has 0 aliphatic heterocycles. The van der Waals surface area contributed by atoms with E-state index in [0.717, 1.165) is 5.39 Å². The first kappa shape index (κ1) is 14.2. The van der Waals surface area contributed by atoms with E-state index in [0.29, 0.717) is 16.2 Å². The molecule has 0 bridgehead atoms. The Kier molecular flexibility index (Phi) is 3.79. The maximum Gasteiger partial charge on any atom is 0.419 e. The molecule has 5 heteroatoms. The second-order valence-electron chi connectivity index (χ2n) is 5.29. The van der Waals surface area contributed by atoms with Crippen LogP contribution in [-0.4, -0.2) is 16.3 Å². The van der Waals surface area contributed by atoms with Crippen LogP contribution in [0.4, 0.5) is 4.79 Å². The molecule has 102 valence electrons. The van der Waals surface area contributed by atoms with Crippen LogP contribution in [0.1, 0.15) is 26.5 Å². The van der Waals surface area contributed by atoms with Gasteiger partial charge in [-0.2, -0.15) is 0 Å². The lowest BCUT2D eigenvalue weighted by Crippen LogP contribution is -2.27. The first-order valence-electron chi connectivity index (χ1n) is 5.91. The molecule has 1 aromatic carbocycles. The Morgan fingerprint density at radius 1 is 1.32 bits per heavy atom. The third-order valence-electron chi connectivity index (χ3n) is 2.56. The Hall–Kier alpha value is -1.19. The molecular formula is C14H15Cl2NO2. The van der Waals surface area contributed by atoms with Crippen LogP contribution in [0.5, 0.6) is 0 Å². The first-order chi connectivity index (χ1) is 8.81. The topological polar surface area (TPSA) is 31.2 Å². The van der Waals surface area contributed by atoms with Gasteiger partial charge in [-0.15, -0.1) is 11.6 Å². The van der Waals surface area contributed by atoms with Gasteiger partial charge in [-0.05, 0) is 39.0 Å². The van der Waals surface area contributed by atoms with E-state index >= 15 is 0 Å². The lowest BCUT2D eigenvalue weighted by Gasteiger charge is -2.20. The van der Waals surface area contributed by atoms with Crippen LogP contribution in [-0.2, 0) is 10.6 Å². The summed E-state index contributed by atoms with van der Waals surface area (Å²) >= 11 is 11.9. The van der Waals surface area contributed by atoms with Gasteiger partial charge in [0.1, 0.15) is 5.60 Å². The number of carbonyl (C=O) groups excluding carboxylic acids is 1. The highest BCUT2D eigenvalue weighted by atomic mass is 35.5. The standard InChI is InChI=1S/C14H15Cl2NO2/c1-14(2,3)19-13(18)17-11(8-15)6-9-4-5-10(16)7-12(9)17/h4-7H,8H2,1-3H3. The molecule has 0 saturated carbocycles. The van der Waals surface area contributed by atoms with Gasteiger partial charge in [-0.1, -0.05) is 17.7 Å². The molecule has 3 nitrogen and oxygen atoms in total. The lowest BCUT2D eigenvalue weighted by molar-refractivity contribution is 0.0541. The van der Waals surface area contributed by atoms with Crippen molar-refractivity contribution in [2.75, 3.05) is 0 Å². The largest absolute Gasteiger partial charge is 0.443 e. The number of hydrogen-bond donors (Lipinski definition) is 0. The van der Waals surface area contributed by atoms with Crippen LogP contribution >= 0.6 is 23.2 Å². The van der Waals surface area contributed by atoms with Crippen molar-refractivity contribution in [2.45, 2.75) is 32.3 Å². The van der Waals surface area contributed by atoms with Crippen molar-refractivity contribution < 1.29 is 9.53 Å². The maximum atomic E-state index is 12.3. The third kappa shape index (κ3) is 3.04. The summed E-state index contributed by atoms with van der Waals surface area (Å²) in [6.07, 6.45) is -0.444. The van der Waals surface area contributed by atoms with Crippen molar-refractivity contribution in [1.29, 1.82) is 0 Å². The predicted octanol–water partition coefficient (Wildman–Crippen LogP) is 4.82. The zero-order chi connectivity index (χ0) is 14.2. The quantitative estimate of drug-likeness (QED) is 0.707. The fraction of sp³-hybridized carbons (Fsp3) is 0.357. The summed E-state index contributed by atoms with van der Waals surface area (Å²) in [5.74, 6) is 0.228. The second-order valence-corrected chi connectivity index (χ2v) is 5.99. The molecule has 0 N–H and O–H groups in total. The number of rotatable bonds is 1. The highest BCUT2D eigenvalue weighted by molar-refractivity contribution is 6.31. The van der Waals surface area contributed by atoms with E-state index < -0.39 is 11.7 Å². The second kappa shape index (κ2) is 5.06. The minimum Gasteiger partial charge on any atom is -0.443 e. The Bertz CT molecular complexity index is 626. The zero-order valence-corrected chi connectivity index (χ0v) is 12.5. The first-order valence-corrected chi connectivity index (χ1v) is 6.82. The Morgan fingerprint density at radius 2 is 2.00 bits per heavy atom. The number of ether oxygens (including phenoxy) is 1. The van der Waals surface area contributed by atoms with Gasteiger partial charge >= 0.3 is 6.09 Å². The lowest BCUT2D eigenvalue weighted by atomic mass is 10.2. The molecule has 19 heavy (non-hydrogen) atoms. The van der Waals surface area contributed by atoms with Crippen LogP contribution in [0.25, 0.3) is 10.9 Å². The van der Waals surface area contributed by atoms with Crippen molar-refractivity contribution in [1.82, 2.24) is 4.57 Å². The summed E-state index contributed by atoms with van der Waals surface area (Å²) in [5.41, 5.74) is 0.834. The van der Waals surface area contributed by atoms with Gasteiger partial charge < -0.3 is 4.74 Å². The number of benzene rings is 1. The van der Waals surface area contributed by atoms with Crippen LogP contribution in [0.2, 0.25) is 5.02 Å². The van der Waals surface area contributed by atoms with Crippen LogP contribution in [0.3, 0.4) is 0 Å². The van der Waals surface area contributed by atoms with Gasteiger partial charge in [0.15, 0.2) is 0 Å². The van der Waals surface area contributed by atoms with Gasteiger partial charge in [0, 0.05) is 16.1 Å². The fourth-order valence-corrected chi connectivity index (χ4v) is 2.22. The normalized spacial score (nSPS) is 11.8. The SMILES string of the molecule is CC(C)(C)OC(=O)n1c(CCl)cc2ccc(Cl)cc21. The number of hydrogen-bond acceptors (Lipinski definition) is 2. The van der Waals surface area contributed by atoms with Crippen LogP contribution in [0.15, 0.2) is 24.3 Å². The van der Waals surface area contributed by atoms with Gasteiger partial charge in [0.05, 0.1) is 11.4 Å². The molecule has 0 amide bonds. The monoisotopic (exact) mass is 299 g/mol. The van der Waals surface area contributed by atoms with Crippen molar-refractivity contribution in [3.63, 3.8) is 0 Å². The highest BCUT2D eigenvalue weighted by Crippen LogP contribution is 2.25. The molecule has 0 aliphatic rings. The Morgan fingerprint density at radius 3 is 2.58 bits per heavy atom. The Labute approximate surface area is 122 Å². The van der Waals surface area contributed by atoms with Crippen molar-refractivity contribution >= 4 is 40.2 Å². The Balaban J connectivity index is 2.56. The summed E-state index contributed by atoms with van der Waals surface area (Å²) < 4.78 is 6.87. The maximum absolute atomic E-state index is 12.3. The van der Waals surface area contributed by atoms with Crippen LogP contribution in [0, 0.1) is 0 Å². The number of alkyl halides is 1. The molecule has 1 aromatic heterocycles. The highest BCUT2D eigenvalue weighted by Gasteiger charge is 2.21. The van der Waals surface area contributed by atoms with Crippen molar-refractivity contribution in [2.24, 2.45) is 0 Å². The molecule has 2 aromatic rings. The molecule has 0 radical (unpaired) electrons. The van der Waals surface area contributed by atoms with Crippen molar-refractivity contribution in [3.05, 3.63) is 35.0 Å². The summed E-state index contributed by atoms with van der Waals surface area (Å²) in [5, 5.41) is 1.47. The number of fused-ring (bicyclic) bond motifs is 1.